The van der Waals surface area contributed by atoms with Gasteiger partial charge in [-0.25, -0.2) is 0 Å². The van der Waals surface area contributed by atoms with Crippen LogP contribution >= 0.6 is 0 Å². The summed E-state index contributed by atoms with van der Waals surface area (Å²) in [4.78, 5) is 12.2. The fraction of sp³-hybridized carbons (Fsp3) is 0.278. The first kappa shape index (κ1) is 17.3. The maximum Gasteiger partial charge on any atom is 0.416 e. The first-order valence-corrected chi connectivity index (χ1v) is 7.63. The third kappa shape index (κ3) is 3.32. The Labute approximate surface area is 142 Å². The molecule has 4 nitrogen and oxygen atoms in total. The highest BCUT2D eigenvalue weighted by Crippen LogP contribution is 2.40. The zero-order valence-electron chi connectivity index (χ0n) is 13.3. The van der Waals surface area contributed by atoms with Gasteiger partial charge in [0.05, 0.1) is 12.7 Å². The number of alkyl halides is 3. The van der Waals surface area contributed by atoms with Crippen LogP contribution in [-0.2, 0) is 17.4 Å². The molecule has 0 aliphatic carbocycles. The summed E-state index contributed by atoms with van der Waals surface area (Å²) in [6, 6.07) is 10.2. The van der Waals surface area contributed by atoms with Crippen LogP contribution in [0.2, 0.25) is 0 Å². The Balaban J connectivity index is 2.08. The van der Waals surface area contributed by atoms with Crippen LogP contribution in [-0.4, -0.2) is 24.2 Å². The summed E-state index contributed by atoms with van der Waals surface area (Å²) in [7, 11) is 1.49. The fourth-order valence-corrected chi connectivity index (χ4v) is 3.06. The molecule has 3 rings (SSSR count). The van der Waals surface area contributed by atoms with Gasteiger partial charge in [-0.05, 0) is 41.8 Å². The molecule has 0 bridgehead atoms. The molecule has 25 heavy (non-hydrogen) atoms. The molecule has 1 heterocycles. The van der Waals surface area contributed by atoms with Gasteiger partial charge in [0.25, 0.3) is 5.91 Å². The van der Waals surface area contributed by atoms with Crippen LogP contribution in [0.1, 0.15) is 22.6 Å². The number of carbonyl (C=O) groups excluding carboxylic acids is 1. The monoisotopic (exact) mass is 351 g/mol. The lowest BCUT2D eigenvalue weighted by atomic mass is 9.86. The van der Waals surface area contributed by atoms with Gasteiger partial charge in [0.2, 0.25) is 0 Å². The maximum atomic E-state index is 13.3. The summed E-state index contributed by atoms with van der Waals surface area (Å²) < 4.78 is 45.1. The van der Waals surface area contributed by atoms with E-state index in [1.807, 2.05) is 0 Å². The Morgan fingerprint density at radius 3 is 2.44 bits per heavy atom. The van der Waals surface area contributed by atoms with E-state index >= 15 is 0 Å². The van der Waals surface area contributed by atoms with E-state index in [-0.39, 0.29) is 17.7 Å². The molecule has 0 aromatic heterocycles. The van der Waals surface area contributed by atoms with Crippen molar-refractivity contribution in [2.75, 3.05) is 12.4 Å². The van der Waals surface area contributed by atoms with Gasteiger partial charge in [-0.15, -0.1) is 0 Å². The topological polar surface area (TPSA) is 58.6 Å². The molecular formula is C18H16F3NO3. The summed E-state index contributed by atoms with van der Waals surface area (Å²) in [5.41, 5.74) is -0.193. The number of aliphatic hydroxyl groups is 1. The van der Waals surface area contributed by atoms with E-state index in [2.05, 4.69) is 5.32 Å². The number of fused-ring (bicyclic) bond motifs is 1. The fourth-order valence-electron chi connectivity index (χ4n) is 3.06. The molecule has 7 heteroatoms. The molecule has 132 valence electrons. The number of aliphatic hydroxyl groups excluding tert-OH is 1. The number of halogens is 3. The Morgan fingerprint density at radius 2 is 1.84 bits per heavy atom. The molecule has 1 aliphatic rings. The molecule has 1 unspecified atom stereocenters. The van der Waals surface area contributed by atoms with Crippen LogP contribution < -0.4 is 10.1 Å². The molecule has 0 fully saturated rings. The zero-order valence-corrected chi connectivity index (χ0v) is 13.3. The minimum Gasteiger partial charge on any atom is -0.497 e. The third-order valence-corrected chi connectivity index (χ3v) is 4.36. The lowest BCUT2D eigenvalue weighted by molar-refractivity contribution is -0.138. The van der Waals surface area contributed by atoms with Crippen LogP contribution in [0.15, 0.2) is 42.5 Å². The van der Waals surface area contributed by atoms with Crippen molar-refractivity contribution in [1.29, 1.82) is 0 Å². The van der Waals surface area contributed by atoms with E-state index in [0.717, 1.165) is 6.07 Å². The maximum absolute atomic E-state index is 13.3. The Bertz CT molecular complexity index is 787. The Kier molecular flexibility index (Phi) is 4.43. The zero-order chi connectivity index (χ0) is 18.2. The number of anilines is 1. The van der Waals surface area contributed by atoms with Crippen molar-refractivity contribution >= 4 is 11.6 Å². The Morgan fingerprint density at radius 1 is 1.16 bits per heavy atom. The van der Waals surface area contributed by atoms with Crippen molar-refractivity contribution in [1.82, 2.24) is 0 Å². The van der Waals surface area contributed by atoms with Crippen molar-refractivity contribution in [2.45, 2.75) is 24.6 Å². The summed E-state index contributed by atoms with van der Waals surface area (Å²) in [5, 5.41) is 12.7. The summed E-state index contributed by atoms with van der Waals surface area (Å²) in [5.74, 6) is -0.942. The number of nitrogens with one attached hydrogen (secondary N) is 1. The average molecular weight is 351 g/mol. The largest absolute Gasteiger partial charge is 0.497 e. The van der Waals surface area contributed by atoms with Gasteiger partial charge >= 0.3 is 6.18 Å². The first-order valence-electron chi connectivity index (χ1n) is 7.63. The smallest absolute Gasteiger partial charge is 0.416 e. The highest BCUT2D eigenvalue weighted by atomic mass is 19.4. The van der Waals surface area contributed by atoms with Gasteiger partial charge in [-0.3, -0.25) is 4.79 Å². The molecule has 2 aromatic carbocycles. The number of rotatable bonds is 2. The van der Waals surface area contributed by atoms with Gasteiger partial charge in [-0.2, -0.15) is 13.2 Å². The lowest BCUT2D eigenvalue weighted by Crippen LogP contribution is -2.31. The number of ether oxygens (including phenoxy) is 1. The second kappa shape index (κ2) is 6.40. The molecule has 1 aliphatic heterocycles. The summed E-state index contributed by atoms with van der Waals surface area (Å²) in [6.07, 6.45) is -6.12. The van der Waals surface area contributed by atoms with E-state index in [9.17, 15) is 23.1 Å². The van der Waals surface area contributed by atoms with Gasteiger partial charge in [0.1, 0.15) is 11.9 Å². The number of hydrogen-bond acceptors (Lipinski definition) is 3. The van der Waals surface area contributed by atoms with E-state index < -0.39 is 29.7 Å². The van der Waals surface area contributed by atoms with Gasteiger partial charge in [-0.1, -0.05) is 18.2 Å². The minimum atomic E-state index is -4.55. The molecule has 2 N–H and O–H groups in total. The summed E-state index contributed by atoms with van der Waals surface area (Å²) >= 11 is 0. The Hall–Kier alpha value is -2.54. The minimum absolute atomic E-state index is 0.0271. The number of methoxy groups -OCH3 is 1. The number of benzene rings is 2. The first-order chi connectivity index (χ1) is 11.8. The van der Waals surface area contributed by atoms with E-state index in [0.29, 0.717) is 11.3 Å². The van der Waals surface area contributed by atoms with Crippen LogP contribution in [0.3, 0.4) is 0 Å². The molecule has 1 amide bonds. The summed E-state index contributed by atoms with van der Waals surface area (Å²) in [6.45, 7) is 0. The SMILES string of the molecule is COc1ccc(C2Cc3c(cccc3C(F)(F)F)NC(=O)[C@H]2O)cc1. The molecule has 0 saturated heterocycles. The highest BCUT2D eigenvalue weighted by Gasteiger charge is 2.39. The van der Waals surface area contributed by atoms with Crippen LogP contribution in [0.5, 0.6) is 5.75 Å². The van der Waals surface area contributed by atoms with E-state index in [4.69, 9.17) is 4.74 Å². The van der Waals surface area contributed by atoms with Gasteiger partial charge < -0.3 is 15.2 Å². The number of carbonyl (C=O) groups is 1. The average Bonchev–Trinajstić information content (AvgIpc) is 2.71. The molecule has 2 aromatic rings. The van der Waals surface area contributed by atoms with Crippen LogP contribution in [0.4, 0.5) is 18.9 Å². The predicted octanol–water partition coefficient (Wildman–Crippen LogP) is 3.35. The van der Waals surface area contributed by atoms with Gasteiger partial charge in [0, 0.05) is 11.6 Å². The van der Waals surface area contributed by atoms with Gasteiger partial charge in [0.15, 0.2) is 0 Å². The van der Waals surface area contributed by atoms with Crippen molar-refractivity contribution in [3.05, 3.63) is 59.2 Å². The number of hydrogen-bond donors (Lipinski definition) is 2. The van der Waals surface area contributed by atoms with Crippen molar-refractivity contribution in [2.24, 2.45) is 0 Å². The lowest BCUT2D eigenvalue weighted by Gasteiger charge is -2.21. The second-order valence-corrected chi connectivity index (χ2v) is 5.85. The molecule has 0 saturated carbocycles. The highest BCUT2D eigenvalue weighted by molar-refractivity contribution is 5.96. The standard InChI is InChI=1S/C18H16F3NO3/c1-25-11-7-5-10(6-8-11)12-9-13-14(18(19,20)21)3-2-4-15(13)22-17(24)16(12)23/h2-8,12,16,23H,9H2,1H3,(H,22,24)/t12?,16-/m0/s1. The molecule has 2 atom stereocenters. The second-order valence-electron chi connectivity index (χ2n) is 5.85. The van der Waals surface area contributed by atoms with Crippen molar-refractivity contribution in [3.63, 3.8) is 0 Å². The number of amides is 1. The third-order valence-electron chi connectivity index (χ3n) is 4.36. The predicted molar refractivity (Wildman–Crippen MR) is 85.5 cm³/mol. The van der Waals surface area contributed by atoms with E-state index in [1.54, 1.807) is 24.3 Å². The van der Waals surface area contributed by atoms with Crippen molar-refractivity contribution < 1.29 is 27.8 Å². The van der Waals surface area contributed by atoms with Crippen molar-refractivity contribution in [3.8, 4) is 5.75 Å². The quantitative estimate of drug-likeness (QED) is 0.872. The van der Waals surface area contributed by atoms with E-state index in [1.165, 1.54) is 19.2 Å². The molecule has 0 radical (unpaired) electrons. The normalized spacial score (nSPS) is 20.4. The van der Waals surface area contributed by atoms with Crippen LogP contribution in [0.25, 0.3) is 0 Å². The van der Waals surface area contributed by atoms with Crippen LogP contribution in [0, 0.1) is 0 Å². The molecule has 0 spiro atoms. The molecular weight excluding hydrogens is 335 g/mol.